The second-order valence-electron chi connectivity index (χ2n) is 6.60. The molecule has 2 aromatic rings. The average Bonchev–Trinajstić information content (AvgIpc) is 3.14. The van der Waals surface area contributed by atoms with E-state index < -0.39 is 0 Å². The van der Waals surface area contributed by atoms with Crippen LogP contribution in [0.4, 0.5) is 0 Å². The quantitative estimate of drug-likeness (QED) is 0.422. The van der Waals surface area contributed by atoms with Crippen molar-refractivity contribution in [2.75, 3.05) is 0 Å². The van der Waals surface area contributed by atoms with Crippen LogP contribution >= 0.6 is 0 Å². The normalized spacial score (nSPS) is 18.4. The Morgan fingerprint density at radius 1 is 0.923 bits per heavy atom. The van der Waals surface area contributed by atoms with Gasteiger partial charge in [-0.25, -0.2) is 6.08 Å². The van der Waals surface area contributed by atoms with Crippen molar-refractivity contribution < 1.29 is 48.1 Å². The van der Waals surface area contributed by atoms with Crippen molar-refractivity contribution >= 4 is 17.6 Å². The monoisotopic (exact) mass is 475 g/mol. The van der Waals surface area contributed by atoms with Gasteiger partial charge in [-0.3, -0.25) is 6.08 Å². The van der Waals surface area contributed by atoms with Crippen LogP contribution in [0, 0.1) is 6.08 Å². The summed E-state index contributed by atoms with van der Waals surface area (Å²) in [5.41, 5.74) is 7.36. The third kappa shape index (κ3) is 5.10. The van der Waals surface area contributed by atoms with Crippen LogP contribution in [-0.4, -0.2) is 5.43 Å². The molecule has 134 valence electrons. The smallest absolute Gasteiger partial charge is 1.00 e. The zero-order valence-corrected chi connectivity index (χ0v) is 20.4. The first-order chi connectivity index (χ1) is 11.6. The van der Waals surface area contributed by atoms with Gasteiger partial charge in [-0.1, -0.05) is 67.0 Å². The second kappa shape index (κ2) is 10.8. The number of benzene rings is 2. The van der Waals surface area contributed by atoms with E-state index in [1.54, 1.807) is 23.3 Å². The van der Waals surface area contributed by atoms with Gasteiger partial charge in [0.2, 0.25) is 0 Å². The number of hydrogen-bond donors (Lipinski definition) is 0. The largest absolute Gasteiger partial charge is 1.00 e. The van der Waals surface area contributed by atoms with Gasteiger partial charge < -0.3 is 24.8 Å². The van der Waals surface area contributed by atoms with Crippen LogP contribution in [0.1, 0.15) is 47.4 Å². The summed E-state index contributed by atoms with van der Waals surface area (Å²) >= 11 is 1.74. The number of fused-ring (bicyclic) bond motifs is 2. The SMILES string of the molecule is CCC1=Cc2ccccc2C1C1[C-]=Cc2ccccc21.C[Si](C)=[Zr+2].[Cl-].[Cl-]. The Hall–Kier alpha value is -0.400. The van der Waals surface area contributed by atoms with Crippen molar-refractivity contribution in [2.24, 2.45) is 0 Å². The third-order valence-electron chi connectivity index (χ3n) is 4.56. The van der Waals surface area contributed by atoms with Crippen molar-refractivity contribution in [2.45, 2.75) is 38.3 Å². The van der Waals surface area contributed by atoms with E-state index in [0.717, 1.165) is 6.42 Å². The second-order valence-corrected chi connectivity index (χ2v) is 16.0. The molecule has 0 bridgehead atoms. The fourth-order valence-corrected chi connectivity index (χ4v) is 3.60. The first-order valence-corrected chi connectivity index (χ1v) is 14.8. The van der Waals surface area contributed by atoms with Gasteiger partial charge in [0.1, 0.15) is 0 Å². The van der Waals surface area contributed by atoms with Gasteiger partial charge in [0.05, 0.1) is 0 Å². The van der Waals surface area contributed by atoms with Crippen molar-refractivity contribution in [1.82, 2.24) is 0 Å². The van der Waals surface area contributed by atoms with Gasteiger partial charge in [0.15, 0.2) is 0 Å². The standard InChI is InChI=1S/C20H17.C2H6Si.2ClH.Zr/c1-2-14-13-16-8-4-6-10-18(16)20(14)19-12-11-15-7-3-5-9-17(15)19;1-3-2;;;/h3-11,13,19-20H,2H2,1H3;1-2H3;2*1H;/q-1;;;;+2/p-2. The molecule has 0 fully saturated rings. The summed E-state index contributed by atoms with van der Waals surface area (Å²) in [4.78, 5) is 0. The predicted molar refractivity (Wildman–Crippen MR) is 102 cm³/mol. The molecule has 4 heteroatoms. The van der Waals surface area contributed by atoms with Crippen molar-refractivity contribution in [3.63, 3.8) is 0 Å². The van der Waals surface area contributed by atoms with Crippen molar-refractivity contribution in [3.05, 3.63) is 82.4 Å². The van der Waals surface area contributed by atoms with Gasteiger partial charge in [0, 0.05) is 0 Å². The number of halogens is 2. The van der Waals surface area contributed by atoms with Crippen LogP contribution in [0.5, 0.6) is 0 Å². The molecule has 0 heterocycles. The number of rotatable bonds is 2. The van der Waals surface area contributed by atoms with Crippen LogP contribution in [0.3, 0.4) is 0 Å². The number of hydrogen-bond acceptors (Lipinski definition) is 0. The van der Waals surface area contributed by atoms with E-state index in [4.69, 9.17) is 0 Å². The molecule has 0 saturated carbocycles. The molecule has 2 aliphatic rings. The molecule has 0 radical (unpaired) electrons. The topological polar surface area (TPSA) is 0 Å². The van der Waals surface area contributed by atoms with Gasteiger partial charge >= 0.3 is 41.9 Å². The maximum Gasteiger partial charge on any atom is -1.00 e. The molecule has 0 nitrogen and oxygen atoms in total. The average molecular weight is 478 g/mol. The summed E-state index contributed by atoms with van der Waals surface area (Å²) in [6.07, 6.45) is 9.25. The van der Waals surface area contributed by atoms with E-state index >= 15 is 0 Å². The predicted octanol–water partition coefficient (Wildman–Crippen LogP) is -0.0167. The molecule has 4 rings (SSSR count). The van der Waals surface area contributed by atoms with Crippen LogP contribution in [0.25, 0.3) is 12.2 Å². The molecule has 26 heavy (non-hydrogen) atoms. The molecule has 0 spiro atoms. The molecule has 0 amide bonds. The van der Waals surface area contributed by atoms with E-state index in [9.17, 15) is 0 Å². The van der Waals surface area contributed by atoms with Crippen molar-refractivity contribution in [3.8, 4) is 0 Å². The molecular formula is C22H23Cl2SiZr-. The minimum Gasteiger partial charge on any atom is -1.00 e. The van der Waals surface area contributed by atoms with E-state index in [0.29, 0.717) is 11.8 Å². The summed E-state index contributed by atoms with van der Waals surface area (Å²) in [5, 5.41) is 0. The van der Waals surface area contributed by atoms with Gasteiger partial charge in [-0.05, 0) is 23.5 Å². The van der Waals surface area contributed by atoms with Gasteiger partial charge in [0.25, 0.3) is 0 Å². The van der Waals surface area contributed by atoms with Gasteiger partial charge in [-0.2, -0.15) is 5.56 Å². The summed E-state index contributed by atoms with van der Waals surface area (Å²) in [7, 11) is 0. The van der Waals surface area contributed by atoms with Crippen LogP contribution in [-0.2, 0) is 23.3 Å². The number of allylic oxidation sites excluding steroid dienone is 2. The van der Waals surface area contributed by atoms with E-state index in [-0.39, 0.29) is 30.2 Å². The molecule has 0 saturated heterocycles. The first-order valence-electron chi connectivity index (χ1n) is 8.61. The zero-order chi connectivity index (χ0) is 17.1. The molecule has 2 aromatic carbocycles. The molecule has 2 unspecified atom stereocenters. The molecular weight excluding hydrogens is 454 g/mol. The van der Waals surface area contributed by atoms with Crippen LogP contribution < -0.4 is 24.8 Å². The maximum atomic E-state index is 3.60. The van der Waals surface area contributed by atoms with Gasteiger partial charge in [-0.15, -0.1) is 11.6 Å². The minimum atomic E-state index is 0. The summed E-state index contributed by atoms with van der Waals surface area (Å²) in [6, 6.07) is 17.5. The zero-order valence-electron chi connectivity index (χ0n) is 15.4. The first kappa shape index (κ1) is 23.6. The Labute approximate surface area is 185 Å². The van der Waals surface area contributed by atoms with Crippen LogP contribution in [0.15, 0.2) is 54.1 Å². The summed E-state index contributed by atoms with van der Waals surface area (Å²) in [6.45, 7) is 6.88. The molecule has 2 aliphatic carbocycles. The fourth-order valence-electron chi connectivity index (χ4n) is 3.60. The Morgan fingerprint density at radius 2 is 1.46 bits per heavy atom. The summed E-state index contributed by atoms with van der Waals surface area (Å²) in [5.74, 6) is 0.845. The minimum absolute atomic E-state index is 0. The van der Waals surface area contributed by atoms with Crippen LogP contribution in [0.2, 0.25) is 13.1 Å². The third-order valence-corrected chi connectivity index (χ3v) is 4.56. The molecule has 0 aromatic heterocycles. The van der Waals surface area contributed by atoms with E-state index in [2.05, 4.69) is 86.8 Å². The summed E-state index contributed by atoms with van der Waals surface area (Å²) < 4.78 is 0. The molecule has 2 atom stereocenters. The Balaban J connectivity index is 0.000000516. The Kier molecular flexibility index (Phi) is 9.83. The Bertz CT molecular complexity index is 822. The van der Waals surface area contributed by atoms with Crippen molar-refractivity contribution in [1.29, 1.82) is 0 Å². The molecule has 0 N–H and O–H groups in total. The van der Waals surface area contributed by atoms with E-state index in [1.165, 1.54) is 27.8 Å². The van der Waals surface area contributed by atoms with E-state index in [1.807, 2.05) is 0 Å². The fraction of sp³-hybridized carbons (Fsp3) is 0.273. The molecule has 0 aliphatic heterocycles. The Morgan fingerprint density at radius 3 is 2.08 bits per heavy atom. The maximum absolute atomic E-state index is 3.60.